The van der Waals surface area contributed by atoms with Gasteiger partial charge in [-0.15, -0.1) is 0 Å². The molecular weight excluding hydrogens is 440 g/mol. The van der Waals surface area contributed by atoms with Gasteiger partial charge in [-0.05, 0) is 36.2 Å². The summed E-state index contributed by atoms with van der Waals surface area (Å²) in [6, 6.07) is 11.5. The molecule has 0 radical (unpaired) electrons. The molecule has 0 saturated carbocycles. The normalized spacial score (nSPS) is 12.3. The Hall–Kier alpha value is -3.69. The zero-order chi connectivity index (χ0) is 24.2. The van der Waals surface area contributed by atoms with Crippen LogP contribution in [0.5, 0.6) is 0 Å². The molecule has 0 fully saturated rings. The largest absolute Gasteiger partial charge is 0.434 e. The van der Waals surface area contributed by atoms with Crippen molar-refractivity contribution >= 4 is 17.5 Å². The van der Waals surface area contributed by atoms with Crippen LogP contribution in [0.2, 0.25) is 0 Å². The van der Waals surface area contributed by atoms with Gasteiger partial charge >= 0.3 is 6.18 Å². The van der Waals surface area contributed by atoms with Crippen molar-refractivity contribution in [1.82, 2.24) is 15.1 Å². The van der Waals surface area contributed by atoms with Crippen molar-refractivity contribution in [2.45, 2.75) is 33.0 Å². The second-order valence-electron chi connectivity index (χ2n) is 7.45. The van der Waals surface area contributed by atoms with Gasteiger partial charge in [-0.2, -0.15) is 18.3 Å². The molecule has 0 spiro atoms. The molecule has 0 aliphatic rings. The standard InChI is InChI=1S/C23H22F4N4O2/c1-3-14(2)21(32)30-16-8-6-7-15(11-16)12-28-22(33)17-13-29-31(20(17)23(25,26)27)19-10-5-4-9-18(19)24/h4-11,13-14H,3,12H2,1-2H3,(H,28,33)(H,30,32). The lowest BCUT2D eigenvalue weighted by Gasteiger charge is -2.14. The number of amides is 2. The molecule has 3 rings (SSSR count). The SMILES string of the molecule is CCC(C)C(=O)Nc1cccc(CNC(=O)c2cnn(-c3ccccc3F)c2C(F)(F)F)c1. The summed E-state index contributed by atoms with van der Waals surface area (Å²) in [7, 11) is 0. The van der Waals surface area contributed by atoms with Gasteiger partial charge in [0.25, 0.3) is 5.91 Å². The van der Waals surface area contributed by atoms with Crippen LogP contribution < -0.4 is 10.6 Å². The van der Waals surface area contributed by atoms with E-state index >= 15 is 0 Å². The molecule has 0 saturated heterocycles. The van der Waals surface area contributed by atoms with Crippen LogP contribution in [-0.2, 0) is 17.5 Å². The third-order valence-electron chi connectivity index (χ3n) is 5.07. The maximum absolute atomic E-state index is 14.1. The summed E-state index contributed by atoms with van der Waals surface area (Å²) in [5.74, 6) is -2.26. The molecule has 1 atom stereocenters. The van der Waals surface area contributed by atoms with Gasteiger partial charge in [-0.3, -0.25) is 9.59 Å². The van der Waals surface area contributed by atoms with Gasteiger partial charge in [0.05, 0.1) is 11.8 Å². The highest BCUT2D eigenvalue weighted by Gasteiger charge is 2.41. The predicted octanol–water partition coefficient (Wildman–Crippen LogP) is 4.94. The van der Waals surface area contributed by atoms with Crippen LogP contribution in [0.1, 0.15) is 41.9 Å². The van der Waals surface area contributed by atoms with Crippen LogP contribution in [0, 0.1) is 11.7 Å². The minimum atomic E-state index is -4.95. The fourth-order valence-corrected chi connectivity index (χ4v) is 3.08. The van der Waals surface area contributed by atoms with E-state index in [1.54, 1.807) is 31.2 Å². The first kappa shape index (κ1) is 24.0. The average molecular weight is 462 g/mol. The van der Waals surface area contributed by atoms with Gasteiger partial charge in [0.15, 0.2) is 5.69 Å². The van der Waals surface area contributed by atoms with E-state index < -0.39 is 34.8 Å². The van der Waals surface area contributed by atoms with Gasteiger partial charge in [0.1, 0.15) is 11.5 Å². The second-order valence-corrected chi connectivity index (χ2v) is 7.45. The lowest BCUT2D eigenvalue weighted by Crippen LogP contribution is -2.26. The van der Waals surface area contributed by atoms with Crippen LogP contribution >= 0.6 is 0 Å². The summed E-state index contributed by atoms with van der Waals surface area (Å²) >= 11 is 0. The van der Waals surface area contributed by atoms with E-state index in [9.17, 15) is 27.2 Å². The molecule has 10 heteroatoms. The van der Waals surface area contributed by atoms with Crippen molar-refractivity contribution in [3.05, 3.63) is 77.4 Å². The van der Waals surface area contributed by atoms with Gasteiger partial charge < -0.3 is 10.6 Å². The summed E-state index contributed by atoms with van der Waals surface area (Å²) in [5.41, 5.74) is -1.45. The number of alkyl halides is 3. The predicted molar refractivity (Wildman–Crippen MR) is 114 cm³/mol. The number of aromatic nitrogens is 2. The van der Waals surface area contributed by atoms with Crippen LogP contribution in [0.25, 0.3) is 5.69 Å². The molecule has 0 bridgehead atoms. The Morgan fingerprint density at radius 1 is 1.12 bits per heavy atom. The maximum Gasteiger partial charge on any atom is 0.434 e. The van der Waals surface area contributed by atoms with Crippen LogP contribution in [-0.4, -0.2) is 21.6 Å². The van der Waals surface area contributed by atoms with Gasteiger partial charge in [-0.1, -0.05) is 38.1 Å². The summed E-state index contributed by atoms with van der Waals surface area (Å²) in [4.78, 5) is 24.6. The Morgan fingerprint density at radius 3 is 2.52 bits per heavy atom. The minimum absolute atomic E-state index is 0.0892. The number of benzene rings is 2. The third-order valence-corrected chi connectivity index (χ3v) is 5.07. The Labute approximate surface area is 187 Å². The third kappa shape index (κ3) is 5.57. The first-order chi connectivity index (χ1) is 15.6. The van der Waals surface area contributed by atoms with E-state index in [0.717, 1.165) is 18.3 Å². The Bertz CT molecular complexity index is 1160. The molecule has 3 aromatic rings. The molecule has 2 N–H and O–H groups in total. The molecule has 1 unspecified atom stereocenters. The molecule has 174 valence electrons. The highest BCUT2D eigenvalue weighted by Crippen LogP contribution is 2.34. The molecule has 2 amide bonds. The lowest BCUT2D eigenvalue weighted by molar-refractivity contribution is -0.143. The average Bonchev–Trinajstić information content (AvgIpc) is 3.23. The number of carbonyl (C=O) groups excluding carboxylic acids is 2. The van der Waals surface area contributed by atoms with Gasteiger partial charge in [0.2, 0.25) is 5.91 Å². The van der Waals surface area contributed by atoms with Gasteiger partial charge in [-0.25, -0.2) is 9.07 Å². The fourth-order valence-electron chi connectivity index (χ4n) is 3.08. The van der Waals surface area contributed by atoms with E-state index in [1.807, 2.05) is 6.92 Å². The number of carbonyl (C=O) groups is 2. The summed E-state index contributed by atoms with van der Waals surface area (Å²) in [6.45, 7) is 3.59. The summed E-state index contributed by atoms with van der Waals surface area (Å²) in [6.07, 6.45) is -3.53. The number of para-hydroxylation sites is 1. The number of hydrogen-bond acceptors (Lipinski definition) is 3. The summed E-state index contributed by atoms with van der Waals surface area (Å²) in [5, 5.41) is 8.79. The Balaban J connectivity index is 1.80. The number of rotatable bonds is 7. The molecule has 33 heavy (non-hydrogen) atoms. The van der Waals surface area contributed by atoms with E-state index in [4.69, 9.17) is 0 Å². The second kappa shape index (κ2) is 9.85. The quantitative estimate of drug-likeness (QED) is 0.488. The highest BCUT2D eigenvalue weighted by molar-refractivity contribution is 5.95. The minimum Gasteiger partial charge on any atom is -0.348 e. The number of nitrogens with zero attached hydrogens (tertiary/aromatic N) is 2. The molecule has 0 aliphatic carbocycles. The topological polar surface area (TPSA) is 76.0 Å². The number of nitrogens with one attached hydrogen (secondary N) is 2. The van der Waals surface area contributed by atoms with E-state index in [0.29, 0.717) is 22.4 Å². The first-order valence-corrected chi connectivity index (χ1v) is 10.2. The van der Waals surface area contributed by atoms with Crippen LogP contribution in [0.15, 0.2) is 54.7 Å². The zero-order valence-electron chi connectivity index (χ0n) is 17.9. The molecule has 0 aliphatic heterocycles. The zero-order valence-corrected chi connectivity index (χ0v) is 17.9. The van der Waals surface area contributed by atoms with E-state index in [1.165, 1.54) is 12.1 Å². The smallest absolute Gasteiger partial charge is 0.348 e. The number of halogens is 4. The number of anilines is 1. The molecule has 1 heterocycles. The maximum atomic E-state index is 14.1. The summed E-state index contributed by atoms with van der Waals surface area (Å²) < 4.78 is 55.7. The van der Waals surface area contributed by atoms with E-state index in [-0.39, 0.29) is 18.4 Å². The van der Waals surface area contributed by atoms with Gasteiger partial charge in [0, 0.05) is 18.2 Å². The Kier molecular flexibility index (Phi) is 7.15. The van der Waals surface area contributed by atoms with Crippen LogP contribution in [0.4, 0.5) is 23.2 Å². The van der Waals surface area contributed by atoms with E-state index in [2.05, 4.69) is 15.7 Å². The molecule has 6 nitrogen and oxygen atoms in total. The Morgan fingerprint density at radius 2 is 1.85 bits per heavy atom. The van der Waals surface area contributed by atoms with Crippen molar-refractivity contribution < 1.29 is 27.2 Å². The molecule has 2 aromatic carbocycles. The number of hydrogen-bond donors (Lipinski definition) is 2. The van der Waals surface area contributed by atoms with Crippen molar-refractivity contribution in [2.75, 3.05) is 5.32 Å². The highest BCUT2D eigenvalue weighted by atomic mass is 19.4. The van der Waals surface area contributed by atoms with Crippen molar-refractivity contribution in [3.63, 3.8) is 0 Å². The van der Waals surface area contributed by atoms with Crippen molar-refractivity contribution in [3.8, 4) is 5.69 Å². The van der Waals surface area contributed by atoms with Crippen molar-refractivity contribution in [2.24, 2.45) is 5.92 Å². The fraction of sp³-hybridized carbons (Fsp3) is 0.261. The molecule has 1 aromatic heterocycles. The monoisotopic (exact) mass is 462 g/mol. The first-order valence-electron chi connectivity index (χ1n) is 10.2. The van der Waals surface area contributed by atoms with Crippen LogP contribution in [0.3, 0.4) is 0 Å². The van der Waals surface area contributed by atoms with Crippen molar-refractivity contribution in [1.29, 1.82) is 0 Å². The lowest BCUT2D eigenvalue weighted by atomic mass is 10.1. The molecular formula is C23H22F4N4O2.